The average molecular weight is 433 g/mol. The molecule has 0 aliphatic carbocycles. The van der Waals surface area contributed by atoms with Crippen LogP contribution in [0.3, 0.4) is 0 Å². The number of halogens is 1. The Morgan fingerprint density at radius 2 is 2.30 bits per heavy atom. The molecule has 7 nitrogen and oxygen atoms in total. The molecule has 2 aliphatic rings. The van der Waals surface area contributed by atoms with Gasteiger partial charge in [0.15, 0.2) is 6.23 Å². The Morgan fingerprint density at radius 1 is 1.48 bits per heavy atom. The summed E-state index contributed by atoms with van der Waals surface area (Å²) in [6.07, 6.45) is 8.28. The van der Waals surface area contributed by atoms with Gasteiger partial charge in [0.1, 0.15) is 0 Å². The number of hydrogen-bond donors (Lipinski definition) is 1. The fourth-order valence-corrected chi connectivity index (χ4v) is 3.07. The summed E-state index contributed by atoms with van der Waals surface area (Å²) in [6.45, 7) is 2.92. The summed E-state index contributed by atoms with van der Waals surface area (Å²) in [6, 6.07) is 5.90. The maximum atomic E-state index is 5.58. The molecule has 1 aromatic carbocycles. The second kappa shape index (κ2) is 9.78. The minimum Gasteiger partial charge on any atom is -0.379 e. The highest BCUT2D eigenvalue weighted by Crippen LogP contribution is 2.26. The zero-order valence-corrected chi connectivity index (χ0v) is 16.6. The normalized spacial score (nSPS) is 21.1. The van der Waals surface area contributed by atoms with E-state index in [4.69, 9.17) is 26.0 Å². The van der Waals surface area contributed by atoms with Gasteiger partial charge in [-0.1, -0.05) is 21.9 Å². The Balaban J connectivity index is 1.82. The quantitative estimate of drug-likeness (QED) is 0.335. The number of terminal acetylenes is 1. The van der Waals surface area contributed by atoms with Crippen LogP contribution in [0.2, 0.25) is 0 Å². The molecule has 27 heavy (non-hydrogen) atoms. The lowest BCUT2D eigenvalue weighted by Crippen LogP contribution is -2.39. The van der Waals surface area contributed by atoms with Crippen molar-refractivity contribution in [3.63, 3.8) is 0 Å². The Kier molecular flexibility index (Phi) is 7.15. The molecule has 142 valence electrons. The van der Waals surface area contributed by atoms with Gasteiger partial charge < -0.3 is 10.1 Å². The Hall–Kier alpha value is -2.02. The summed E-state index contributed by atoms with van der Waals surface area (Å²) in [5.74, 6) is 2.49. The Morgan fingerprint density at radius 3 is 3.04 bits per heavy atom. The van der Waals surface area contributed by atoms with Crippen molar-refractivity contribution in [3.05, 3.63) is 40.4 Å². The van der Waals surface area contributed by atoms with Gasteiger partial charge in [-0.15, -0.1) is 11.4 Å². The van der Waals surface area contributed by atoms with Crippen LogP contribution < -0.4 is 5.32 Å². The predicted molar refractivity (Wildman–Crippen MR) is 109 cm³/mol. The Bertz CT molecular complexity index is 795. The average Bonchev–Trinajstić information content (AvgIpc) is 2.87. The van der Waals surface area contributed by atoms with Crippen molar-refractivity contribution >= 4 is 33.0 Å². The van der Waals surface area contributed by atoms with Gasteiger partial charge in [0.05, 0.1) is 44.3 Å². The molecule has 8 heteroatoms. The van der Waals surface area contributed by atoms with Gasteiger partial charge in [-0.25, -0.2) is 0 Å². The van der Waals surface area contributed by atoms with Crippen LogP contribution in [0.5, 0.6) is 0 Å². The van der Waals surface area contributed by atoms with Crippen molar-refractivity contribution in [1.29, 1.82) is 0 Å². The highest BCUT2D eigenvalue weighted by Gasteiger charge is 2.23. The lowest BCUT2D eigenvalue weighted by atomic mass is 10.0. The Labute approximate surface area is 167 Å². The number of ether oxygens (including phenoxy) is 1. The van der Waals surface area contributed by atoms with Crippen molar-refractivity contribution < 1.29 is 14.6 Å². The molecule has 0 aromatic heterocycles. The largest absolute Gasteiger partial charge is 0.379 e. The molecule has 1 fully saturated rings. The van der Waals surface area contributed by atoms with Gasteiger partial charge in [0, 0.05) is 22.8 Å². The van der Waals surface area contributed by atoms with Gasteiger partial charge in [0.2, 0.25) is 0 Å². The molecule has 1 atom stereocenters. The van der Waals surface area contributed by atoms with E-state index in [1.807, 2.05) is 18.2 Å². The van der Waals surface area contributed by atoms with Crippen LogP contribution >= 0.6 is 15.9 Å². The zero-order chi connectivity index (χ0) is 19.1. The van der Waals surface area contributed by atoms with Crippen LogP contribution in [0.4, 0.5) is 5.69 Å². The minimum absolute atomic E-state index is 0.356. The molecule has 2 aliphatic heterocycles. The summed E-state index contributed by atoms with van der Waals surface area (Å²) in [7, 11) is 1.71. The molecule has 1 saturated heterocycles. The standard InChI is InChI=1S/C19H21BrN4O3/c1-3-4-5-17(21-2)19-15-12-14(20)6-7-16(15)23-18(13-22-19)26-27-24-8-10-25-11-9-24/h1,4-7,12,18,23H,8-11,13H2,2H3/b5-4-,21-17+. The van der Waals surface area contributed by atoms with Gasteiger partial charge in [-0.3, -0.25) is 9.98 Å². The summed E-state index contributed by atoms with van der Waals surface area (Å²) in [4.78, 5) is 20.1. The molecular weight excluding hydrogens is 412 g/mol. The minimum atomic E-state index is -0.444. The maximum Gasteiger partial charge on any atom is 0.184 e. The van der Waals surface area contributed by atoms with Crippen LogP contribution in [-0.2, 0) is 14.6 Å². The first-order valence-corrected chi connectivity index (χ1v) is 9.37. The van der Waals surface area contributed by atoms with Crippen LogP contribution in [0.25, 0.3) is 0 Å². The van der Waals surface area contributed by atoms with Crippen molar-refractivity contribution in [3.8, 4) is 12.3 Å². The van der Waals surface area contributed by atoms with E-state index in [0.29, 0.717) is 38.6 Å². The number of morpholine rings is 1. The molecule has 2 heterocycles. The van der Waals surface area contributed by atoms with E-state index in [0.717, 1.165) is 21.4 Å². The molecule has 1 unspecified atom stereocenters. The number of aliphatic imine (C=N–C) groups is 2. The van der Waals surface area contributed by atoms with E-state index in [9.17, 15) is 0 Å². The van der Waals surface area contributed by atoms with E-state index in [1.54, 1.807) is 24.3 Å². The van der Waals surface area contributed by atoms with Crippen LogP contribution in [0.1, 0.15) is 5.56 Å². The molecule has 1 aromatic rings. The molecule has 0 amide bonds. The van der Waals surface area contributed by atoms with Crippen LogP contribution in [0, 0.1) is 12.3 Å². The fraction of sp³-hybridized carbons (Fsp3) is 0.368. The van der Waals surface area contributed by atoms with Gasteiger partial charge in [-0.05, 0) is 30.4 Å². The predicted octanol–water partition coefficient (Wildman–Crippen LogP) is 2.45. The first-order valence-electron chi connectivity index (χ1n) is 8.58. The summed E-state index contributed by atoms with van der Waals surface area (Å²) in [5.41, 5.74) is 3.22. The highest BCUT2D eigenvalue weighted by atomic mass is 79.9. The second-order valence-corrected chi connectivity index (χ2v) is 6.75. The molecule has 0 bridgehead atoms. The number of benzodiazepines with no additional fused rings is 1. The third-order valence-electron chi connectivity index (χ3n) is 4.02. The molecular formula is C19H21BrN4O3. The summed E-state index contributed by atoms with van der Waals surface area (Å²) in [5, 5.41) is 5.07. The third kappa shape index (κ3) is 5.25. The first kappa shape index (κ1) is 19.7. The van der Waals surface area contributed by atoms with E-state index in [2.05, 4.69) is 32.2 Å². The SMILES string of the molecule is C#C/C=C\C(=N/C)C1=NCC(OON2CCOCC2)Nc2ccc(Br)cc21. The van der Waals surface area contributed by atoms with Crippen LogP contribution in [-0.4, -0.2) is 62.6 Å². The van der Waals surface area contributed by atoms with Gasteiger partial charge in [0.25, 0.3) is 0 Å². The van der Waals surface area contributed by atoms with E-state index in [-0.39, 0.29) is 0 Å². The van der Waals surface area contributed by atoms with E-state index >= 15 is 0 Å². The van der Waals surface area contributed by atoms with Crippen molar-refractivity contribution in [2.24, 2.45) is 9.98 Å². The number of anilines is 1. The molecule has 3 rings (SSSR count). The second-order valence-electron chi connectivity index (χ2n) is 5.83. The molecule has 0 radical (unpaired) electrons. The lowest BCUT2D eigenvalue weighted by Gasteiger charge is -2.26. The van der Waals surface area contributed by atoms with E-state index < -0.39 is 6.23 Å². The first-order chi connectivity index (χ1) is 13.2. The van der Waals surface area contributed by atoms with Crippen LogP contribution in [0.15, 0.2) is 44.8 Å². The molecule has 0 saturated carbocycles. The number of hydrogen-bond acceptors (Lipinski definition) is 7. The maximum absolute atomic E-state index is 5.58. The van der Waals surface area contributed by atoms with Crippen molar-refractivity contribution in [1.82, 2.24) is 5.06 Å². The topological polar surface area (TPSA) is 67.7 Å². The lowest BCUT2D eigenvalue weighted by molar-refractivity contribution is -0.446. The number of fused-ring (bicyclic) bond motifs is 1. The number of benzene rings is 1. The van der Waals surface area contributed by atoms with Crippen molar-refractivity contribution in [2.75, 3.05) is 45.2 Å². The molecule has 0 spiro atoms. The number of rotatable bonds is 5. The summed E-state index contributed by atoms with van der Waals surface area (Å²) < 4.78 is 6.24. The highest BCUT2D eigenvalue weighted by molar-refractivity contribution is 9.10. The number of allylic oxidation sites excluding steroid dienone is 2. The zero-order valence-electron chi connectivity index (χ0n) is 15.0. The van der Waals surface area contributed by atoms with Gasteiger partial charge >= 0.3 is 0 Å². The summed E-state index contributed by atoms with van der Waals surface area (Å²) >= 11 is 3.52. The van der Waals surface area contributed by atoms with E-state index in [1.165, 1.54) is 0 Å². The monoisotopic (exact) mass is 432 g/mol. The molecule has 1 N–H and O–H groups in total. The number of nitrogens with one attached hydrogen (secondary N) is 1. The smallest absolute Gasteiger partial charge is 0.184 e. The number of hydroxylamine groups is 2. The third-order valence-corrected chi connectivity index (χ3v) is 4.52. The van der Waals surface area contributed by atoms with Gasteiger partial charge in [-0.2, -0.15) is 9.95 Å². The van der Waals surface area contributed by atoms with Crippen molar-refractivity contribution in [2.45, 2.75) is 6.23 Å². The number of nitrogens with zero attached hydrogens (tertiary/aromatic N) is 3. The fourth-order valence-electron chi connectivity index (χ4n) is 2.71.